The number of hydrogen-bond acceptors (Lipinski definition) is 14. The van der Waals surface area contributed by atoms with Crippen LogP contribution >= 0.6 is 0 Å². The van der Waals surface area contributed by atoms with E-state index in [1.807, 2.05) is 25.1 Å². The van der Waals surface area contributed by atoms with E-state index in [2.05, 4.69) is 35.2 Å². The molecule has 6 aromatic rings. The summed E-state index contributed by atoms with van der Waals surface area (Å²) in [6.45, 7) is 10.5. The zero-order valence-electron chi connectivity index (χ0n) is 40.6. The van der Waals surface area contributed by atoms with E-state index in [1.165, 1.54) is 42.4 Å². The van der Waals surface area contributed by atoms with Crippen LogP contribution in [0.4, 0.5) is 20.3 Å². The number of phenols is 1. The number of ether oxygens (including phenoxy) is 1. The number of phenolic OH excluding ortho intramolecular Hbond substituents is 1. The van der Waals surface area contributed by atoms with Gasteiger partial charge in [-0.2, -0.15) is 9.97 Å². The number of anilines is 2. The van der Waals surface area contributed by atoms with E-state index in [9.17, 15) is 19.5 Å². The highest BCUT2D eigenvalue weighted by Crippen LogP contribution is 2.53. The monoisotopic (exact) mass is 982 g/mol. The van der Waals surface area contributed by atoms with Crippen LogP contribution in [0.1, 0.15) is 82.7 Å². The molecular weight excluding hydrogens is 923 g/mol. The number of aromatic nitrogens is 4. The Morgan fingerprint density at radius 3 is 2.40 bits per heavy atom. The normalized spacial score (nSPS) is 24.4. The SMILES string of the molecule is CCc1c(F)ccc2cc(O)cc(-c3ncc4c(N5CC6CCC(C5)N6)nc(OCC5(CN6CCC7(CC6)CC(N6CCN(c8ccc9c(c8)oc(=O)n9C8CCC(=O)NC8=O)CC6)C7)CC5)nc4c3F)c12. The van der Waals surface area contributed by atoms with E-state index in [4.69, 9.17) is 19.1 Å². The molecule has 2 amide bonds. The van der Waals surface area contributed by atoms with Gasteiger partial charge in [0.05, 0.1) is 17.5 Å². The van der Waals surface area contributed by atoms with Crippen molar-refractivity contribution in [1.82, 2.24) is 40.0 Å². The molecule has 13 rings (SSSR count). The number of rotatable bonds is 11. The maximum atomic E-state index is 17.2. The average Bonchev–Trinajstić information content (AvgIpc) is 3.94. The number of oxazole rings is 1. The quantitative estimate of drug-likeness (QED) is 0.121. The van der Waals surface area contributed by atoms with E-state index >= 15 is 8.78 Å². The van der Waals surface area contributed by atoms with Crippen molar-refractivity contribution in [2.24, 2.45) is 10.8 Å². The molecule has 5 saturated heterocycles. The largest absolute Gasteiger partial charge is 0.508 e. The molecule has 8 heterocycles. The first-order valence-corrected chi connectivity index (χ1v) is 26.1. The minimum Gasteiger partial charge on any atom is -0.508 e. The molecule has 1 spiro atoms. The molecule has 72 heavy (non-hydrogen) atoms. The van der Waals surface area contributed by atoms with Crippen molar-refractivity contribution in [1.29, 1.82) is 0 Å². The number of carbonyl (C=O) groups excluding carboxylic acids is 2. The number of aromatic hydroxyl groups is 1. The fourth-order valence-corrected chi connectivity index (χ4v) is 13.3. The predicted octanol–water partition coefficient (Wildman–Crippen LogP) is 6.44. The molecule has 5 aliphatic heterocycles. The summed E-state index contributed by atoms with van der Waals surface area (Å²) in [6.07, 6.45) is 11.5. The molecule has 7 aliphatic rings. The summed E-state index contributed by atoms with van der Waals surface area (Å²) >= 11 is 0. The van der Waals surface area contributed by atoms with Gasteiger partial charge in [-0.25, -0.2) is 13.6 Å². The molecular formula is C54H60F2N10O6. The third-order valence-electron chi connectivity index (χ3n) is 17.5. The van der Waals surface area contributed by atoms with Crippen molar-refractivity contribution in [3.8, 4) is 23.0 Å². The smallest absolute Gasteiger partial charge is 0.420 e. The number of likely N-dealkylation sites (tertiary alicyclic amines) is 1. The van der Waals surface area contributed by atoms with E-state index in [-0.39, 0.29) is 53.0 Å². The van der Waals surface area contributed by atoms with Crippen LogP contribution < -0.4 is 30.9 Å². The lowest BCUT2D eigenvalue weighted by atomic mass is 9.60. The minimum absolute atomic E-state index is 0.00688. The fourth-order valence-electron chi connectivity index (χ4n) is 13.3. The van der Waals surface area contributed by atoms with Crippen LogP contribution in [0.3, 0.4) is 0 Å². The maximum absolute atomic E-state index is 17.2. The molecule has 376 valence electrons. The number of imide groups is 1. The van der Waals surface area contributed by atoms with Crippen LogP contribution in [-0.4, -0.2) is 130 Å². The highest BCUT2D eigenvalue weighted by Gasteiger charge is 2.51. The molecule has 3 N–H and O–H groups in total. The predicted molar refractivity (Wildman–Crippen MR) is 267 cm³/mol. The number of halogens is 2. The first kappa shape index (κ1) is 45.6. The molecule has 2 bridgehead atoms. The Balaban J connectivity index is 0.651. The number of pyridine rings is 1. The summed E-state index contributed by atoms with van der Waals surface area (Å²) in [4.78, 5) is 61.3. The van der Waals surface area contributed by atoms with Gasteiger partial charge in [0.25, 0.3) is 0 Å². The Hall–Kier alpha value is -6.24. The lowest BCUT2D eigenvalue weighted by Crippen LogP contribution is -2.59. The van der Waals surface area contributed by atoms with Gasteiger partial charge in [-0.3, -0.25) is 29.4 Å². The van der Waals surface area contributed by atoms with Crippen molar-refractivity contribution in [3.63, 3.8) is 0 Å². The lowest BCUT2D eigenvalue weighted by molar-refractivity contribution is -0.135. The van der Waals surface area contributed by atoms with E-state index in [0.29, 0.717) is 80.8 Å². The fraction of sp³-hybridized carbons (Fsp3) is 0.519. The van der Waals surface area contributed by atoms with Crippen LogP contribution in [0, 0.1) is 22.5 Å². The summed E-state index contributed by atoms with van der Waals surface area (Å²) in [5, 5.41) is 18.4. The Morgan fingerprint density at radius 1 is 0.889 bits per heavy atom. The van der Waals surface area contributed by atoms with Gasteiger partial charge in [-0.1, -0.05) is 13.0 Å². The Bertz CT molecular complexity index is 3210. The first-order valence-electron chi connectivity index (χ1n) is 26.1. The second kappa shape index (κ2) is 17.5. The van der Waals surface area contributed by atoms with Crippen molar-refractivity contribution in [2.45, 2.75) is 102 Å². The Labute approximate surface area is 414 Å². The number of aryl methyl sites for hydroxylation is 1. The van der Waals surface area contributed by atoms with E-state index < -0.39 is 23.5 Å². The number of piperidine rings is 2. The summed E-state index contributed by atoms with van der Waals surface area (Å²) in [5.74, 6) is -1.89. The molecule has 2 aliphatic carbocycles. The Kier molecular flexibility index (Phi) is 11.1. The van der Waals surface area contributed by atoms with Crippen LogP contribution in [0.2, 0.25) is 0 Å². The molecule has 3 unspecified atom stereocenters. The number of benzene rings is 3. The number of amides is 2. The van der Waals surface area contributed by atoms with E-state index in [0.717, 1.165) is 90.3 Å². The van der Waals surface area contributed by atoms with Crippen molar-refractivity contribution < 1.29 is 32.6 Å². The summed E-state index contributed by atoms with van der Waals surface area (Å²) in [6, 6.07) is 12.3. The molecule has 3 atom stereocenters. The van der Waals surface area contributed by atoms with Crippen molar-refractivity contribution >= 4 is 56.1 Å². The molecule has 3 aromatic heterocycles. The maximum Gasteiger partial charge on any atom is 0.420 e. The Morgan fingerprint density at radius 2 is 1.67 bits per heavy atom. The number of piperazine rings is 2. The summed E-state index contributed by atoms with van der Waals surface area (Å²) < 4.78 is 46.0. The van der Waals surface area contributed by atoms with Crippen molar-refractivity contribution in [2.75, 3.05) is 75.3 Å². The highest BCUT2D eigenvalue weighted by molar-refractivity contribution is 6.02. The van der Waals surface area contributed by atoms with Gasteiger partial charge in [0.2, 0.25) is 11.8 Å². The number of nitrogens with zero attached hydrogens (tertiary/aromatic N) is 8. The van der Waals surface area contributed by atoms with Gasteiger partial charge in [-0.05, 0) is 129 Å². The molecule has 18 heteroatoms. The van der Waals surface area contributed by atoms with Crippen LogP contribution in [0.15, 0.2) is 57.9 Å². The molecule has 16 nitrogen and oxygen atoms in total. The first-order chi connectivity index (χ1) is 34.9. The van der Waals surface area contributed by atoms with Gasteiger partial charge < -0.3 is 34.3 Å². The van der Waals surface area contributed by atoms with E-state index in [1.54, 1.807) is 18.3 Å². The van der Waals surface area contributed by atoms with Crippen LogP contribution in [0.5, 0.6) is 11.8 Å². The second-order valence-corrected chi connectivity index (χ2v) is 22.0. The molecule has 0 radical (unpaired) electrons. The zero-order valence-corrected chi connectivity index (χ0v) is 40.6. The number of nitrogens with one attached hydrogen (secondary N) is 2. The van der Waals surface area contributed by atoms with Crippen LogP contribution in [0.25, 0.3) is 44.0 Å². The second-order valence-electron chi connectivity index (χ2n) is 22.0. The third-order valence-corrected chi connectivity index (χ3v) is 17.5. The highest BCUT2D eigenvalue weighted by atomic mass is 19.1. The molecule has 3 aromatic carbocycles. The minimum atomic E-state index is -0.765. The molecule has 7 fully saturated rings. The number of fused-ring (bicyclic) bond motifs is 5. The third kappa shape index (κ3) is 8.04. The number of hydrogen-bond donors (Lipinski definition) is 3. The van der Waals surface area contributed by atoms with Gasteiger partial charge in [0.15, 0.2) is 11.4 Å². The lowest BCUT2D eigenvalue weighted by Gasteiger charge is -2.56. The van der Waals surface area contributed by atoms with Gasteiger partial charge in [0, 0.05) is 99.3 Å². The summed E-state index contributed by atoms with van der Waals surface area (Å²) in [5.41, 5.74) is 3.20. The van der Waals surface area contributed by atoms with Gasteiger partial charge in [0.1, 0.15) is 34.6 Å². The average molecular weight is 983 g/mol. The topological polar surface area (TPSA) is 174 Å². The van der Waals surface area contributed by atoms with Gasteiger partial charge in [-0.15, -0.1) is 0 Å². The zero-order chi connectivity index (χ0) is 49.0. The molecule has 2 saturated carbocycles. The standard InChI is InChI=1S/C54H60F2N10O6/c1-2-37-40(55)7-3-31-21-36(67)23-38(45(31)37)47-46(56)48-39(26-57-47)49(65-27-32-4-5-33(28-65)58-32)61-51(60-48)71-30-54(11-12-54)29-62-15-13-53(14-16-62)24-35(25-53)64-19-17-63(18-20-64)34-6-8-41-43(22-34)72-52(70)66(41)42-9-10-44(68)59-50(42)69/h3,6-8,21-23,26,32-33,35,42,58,67H,2,4-5,9-20,24-25,27-30H2,1H3,(H,59,68,69). The summed E-state index contributed by atoms with van der Waals surface area (Å²) in [7, 11) is 0. The number of carbonyl (C=O) groups is 2. The van der Waals surface area contributed by atoms with Gasteiger partial charge >= 0.3 is 11.8 Å². The van der Waals surface area contributed by atoms with Crippen molar-refractivity contribution in [3.05, 3.63) is 76.4 Å². The van der Waals surface area contributed by atoms with Crippen LogP contribution in [-0.2, 0) is 16.0 Å².